The van der Waals surface area contributed by atoms with Crippen molar-refractivity contribution in [3.05, 3.63) is 84.7 Å². The second-order valence-corrected chi connectivity index (χ2v) is 9.80. The van der Waals surface area contributed by atoms with Crippen LogP contribution < -0.4 is 0 Å². The summed E-state index contributed by atoms with van der Waals surface area (Å²) in [6.07, 6.45) is 2.68. The fourth-order valence-electron chi connectivity index (χ4n) is 4.68. The van der Waals surface area contributed by atoms with Crippen molar-refractivity contribution >= 4 is 43.6 Å². The first-order chi connectivity index (χ1) is 15.5. The zero-order chi connectivity index (χ0) is 21.9. The fraction of sp³-hybridized carbons (Fsp3) is 0.172. The van der Waals surface area contributed by atoms with Crippen molar-refractivity contribution in [3.8, 4) is 11.3 Å². The van der Waals surface area contributed by atoms with Crippen molar-refractivity contribution in [2.24, 2.45) is 5.41 Å². The van der Waals surface area contributed by atoms with Gasteiger partial charge in [-0.3, -0.25) is 0 Å². The van der Waals surface area contributed by atoms with Crippen LogP contribution in [0, 0.1) is 5.41 Å². The lowest BCUT2D eigenvalue weighted by molar-refractivity contribution is 0.411. The standard InChI is InChI=1S/C29H24N2O/c1-29(2,3)16-18-8-12-23-21(14-18)11-13-24-26-28(32-27(23)24)25(30-17-31-26)22-10-9-19-6-4-5-7-20(19)15-22/h4-15,17H,16H2,1-3H3. The van der Waals surface area contributed by atoms with Crippen molar-refractivity contribution in [1.82, 2.24) is 9.97 Å². The van der Waals surface area contributed by atoms with Gasteiger partial charge >= 0.3 is 0 Å². The first kappa shape index (κ1) is 19.0. The van der Waals surface area contributed by atoms with Crippen LogP contribution in [0.4, 0.5) is 0 Å². The van der Waals surface area contributed by atoms with Gasteiger partial charge < -0.3 is 4.42 Å². The third-order valence-corrected chi connectivity index (χ3v) is 6.06. The third kappa shape index (κ3) is 3.13. The van der Waals surface area contributed by atoms with E-state index in [1.807, 2.05) is 0 Å². The van der Waals surface area contributed by atoms with Crippen LogP contribution >= 0.6 is 0 Å². The highest BCUT2D eigenvalue weighted by Gasteiger charge is 2.17. The second-order valence-electron chi connectivity index (χ2n) is 9.80. The average molecular weight is 417 g/mol. The normalized spacial score (nSPS) is 12.3. The summed E-state index contributed by atoms with van der Waals surface area (Å²) in [4.78, 5) is 9.19. The second kappa shape index (κ2) is 6.89. The number of fused-ring (bicyclic) bond motifs is 6. The Balaban J connectivity index is 1.56. The number of benzene rings is 4. The Kier molecular flexibility index (Phi) is 4.09. The summed E-state index contributed by atoms with van der Waals surface area (Å²) < 4.78 is 6.48. The largest absolute Gasteiger partial charge is 0.451 e. The molecule has 0 spiro atoms. The van der Waals surface area contributed by atoms with E-state index in [4.69, 9.17) is 4.42 Å². The molecule has 6 rings (SSSR count). The lowest BCUT2D eigenvalue weighted by Crippen LogP contribution is -2.08. The van der Waals surface area contributed by atoms with Crippen LogP contribution in [0.25, 0.3) is 54.9 Å². The molecule has 156 valence electrons. The first-order valence-corrected chi connectivity index (χ1v) is 11.0. The number of rotatable bonds is 2. The van der Waals surface area contributed by atoms with Gasteiger partial charge in [0, 0.05) is 16.3 Å². The Morgan fingerprint density at radius 2 is 1.50 bits per heavy atom. The summed E-state index contributed by atoms with van der Waals surface area (Å²) in [5.41, 5.74) is 5.94. The molecular formula is C29H24N2O. The number of furan rings is 1. The molecule has 6 aromatic rings. The SMILES string of the molecule is CC(C)(C)Cc1ccc2c(ccc3c4ncnc(-c5ccc6ccccc6c5)c4oc23)c1. The minimum atomic E-state index is 0.251. The highest BCUT2D eigenvalue weighted by Crippen LogP contribution is 2.37. The molecule has 0 fully saturated rings. The molecule has 2 heterocycles. The summed E-state index contributed by atoms with van der Waals surface area (Å²) in [6, 6.07) is 25.8. The lowest BCUT2D eigenvalue weighted by Gasteiger charge is -2.18. The Labute approximate surface area is 186 Å². The van der Waals surface area contributed by atoms with E-state index in [0.29, 0.717) is 0 Å². The topological polar surface area (TPSA) is 38.9 Å². The van der Waals surface area contributed by atoms with Crippen LogP contribution in [-0.4, -0.2) is 9.97 Å². The molecule has 0 N–H and O–H groups in total. The Bertz CT molecular complexity index is 1640. The summed E-state index contributed by atoms with van der Waals surface area (Å²) in [6.45, 7) is 6.81. The summed E-state index contributed by atoms with van der Waals surface area (Å²) in [5, 5.41) is 5.73. The van der Waals surface area contributed by atoms with E-state index in [1.54, 1.807) is 6.33 Å². The zero-order valence-corrected chi connectivity index (χ0v) is 18.5. The van der Waals surface area contributed by atoms with Gasteiger partial charge in [-0.15, -0.1) is 0 Å². The molecule has 0 saturated carbocycles. The molecule has 2 aromatic heterocycles. The summed E-state index contributed by atoms with van der Waals surface area (Å²) in [7, 11) is 0. The molecule has 0 saturated heterocycles. The Morgan fingerprint density at radius 3 is 2.34 bits per heavy atom. The van der Waals surface area contributed by atoms with Crippen molar-refractivity contribution in [1.29, 1.82) is 0 Å². The van der Waals surface area contributed by atoms with Crippen molar-refractivity contribution in [2.45, 2.75) is 27.2 Å². The predicted octanol–water partition coefficient (Wildman–Crippen LogP) is 7.94. The molecule has 3 heteroatoms. The van der Waals surface area contributed by atoms with Crippen LogP contribution in [0.15, 0.2) is 83.5 Å². The molecule has 0 bridgehead atoms. The van der Waals surface area contributed by atoms with Crippen molar-refractivity contribution in [3.63, 3.8) is 0 Å². The van der Waals surface area contributed by atoms with Gasteiger partial charge in [0.05, 0.1) is 0 Å². The van der Waals surface area contributed by atoms with Crippen LogP contribution in [0.5, 0.6) is 0 Å². The molecule has 4 aromatic carbocycles. The van der Waals surface area contributed by atoms with Crippen molar-refractivity contribution in [2.75, 3.05) is 0 Å². The first-order valence-electron chi connectivity index (χ1n) is 11.0. The molecule has 0 atom stereocenters. The minimum absolute atomic E-state index is 0.251. The molecule has 3 nitrogen and oxygen atoms in total. The van der Waals surface area contributed by atoms with Gasteiger partial charge in [-0.05, 0) is 45.7 Å². The van der Waals surface area contributed by atoms with Gasteiger partial charge in [0.2, 0.25) is 0 Å². The Hall–Kier alpha value is -3.72. The summed E-state index contributed by atoms with van der Waals surface area (Å²) >= 11 is 0. The number of hydrogen-bond donors (Lipinski definition) is 0. The predicted molar refractivity (Wildman–Crippen MR) is 133 cm³/mol. The minimum Gasteiger partial charge on any atom is -0.451 e. The van der Waals surface area contributed by atoms with Crippen LogP contribution in [0.2, 0.25) is 0 Å². The van der Waals surface area contributed by atoms with Gasteiger partial charge in [0.25, 0.3) is 0 Å². The molecule has 0 amide bonds. The fourth-order valence-corrected chi connectivity index (χ4v) is 4.68. The van der Waals surface area contributed by atoms with E-state index in [-0.39, 0.29) is 5.41 Å². The van der Waals surface area contributed by atoms with E-state index in [9.17, 15) is 0 Å². The molecule has 0 radical (unpaired) electrons. The van der Waals surface area contributed by atoms with Gasteiger partial charge in [-0.2, -0.15) is 0 Å². The highest BCUT2D eigenvalue weighted by molar-refractivity contribution is 6.15. The maximum absolute atomic E-state index is 6.48. The maximum atomic E-state index is 6.48. The quantitative estimate of drug-likeness (QED) is 0.287. The average Bonchev–Trinajstić information content (AvgIpc) is 3.16. The monoisotopic (exact) mass is 416 g/mol. The Morgan fingerprint density at radius 1 is 0.719 bits per heavy atom. The highest BCUT2D eigenvalue weighted by atomic mass is 16.3. The van der Waals surface area contributed by atoms with Gasteiger partial charge in [-0.25, -0.2) is 9.97 Å². The van der Waals surface area contributed by atoms with E-state index in [1.165, 1.54) is 21.7 Å². The van der Waals surface area contributed by atoms with E-state index in [2.05, 4.69) is 104 Å². The maximum Gasteiger partial charge on any atom is 0.180 e. The summed E-state index contributed by atoms with van der Waals surface area (Å²) in [5.74, 6) is 0. The van der Waals surface area contributed by atoms with Gasteiger partial charge in [-0.1, -0.05) is 81.4 Å². The zero-order valence-electron chi connectivity index (χ0n) is 18.5. The van der Waals surface area contributed by atoms with Crippen molar-refractivity contribution < 1.29 is 4.42 Å². The molecule has 0 aliphatic rings. The smallest absolute Gasteiger partial charge is 0.180 e. The van der Waals surface area contributed by atoms with Crippen LogP contribution in [0.1, 0.15) is 26.3 Å². The molecule has 0 aliphatic heterocycles. The van der Waals surface area contributed by atoms with Gasteiger partial charge in [0.15, 0.2) is 5.58 Å². The van der Waals surface area contributed by atoms with E-state index >= 15 is 0 Å². The lowest BCUT2D eigenvalue weighted by atomic mass is 9.87. The number of nitrogens with zero attached hydrogens (tertiary/aromatic N) is 2. The van der Waals surface area contributed by atoms with E-state index < -0.39 is 0 Å². The van der Waals surface area contributed by atoms with E-state index in [0.717, 1.165) is 45.1 Å². The molecule has 32 heavy (non-hydrogen) atoms. The van der Waals surface area contributed by atoms with Crippen LogP contribution in [-0.2, 0) is 6.42 Å². The van der Waals surface area contributed by atoms with Gasteiger partial charge in [0.1, 0.15) is 23.1 Å². The number of hydrogen-bond acceptors (Lipinski definition) is 3. The molecular weight excluding hydrogens is 392 g/mol. The number of aromatic nitrogens is 2. The molecule has 0 aliphatic carbocycles. The molecule has 0 unspecified atom stereocenters. The van der Waals surface area contributed by atoms with Crippen LogP contribution in [0.3, 0.4) is 0 Å². The third-order valence-electron chi connectivity index (χ3n) is 6.06.